The molecule has 0 aliphatic carbocycles. The van der Waals surface area contributed by atoms with E-state index in [1.165, 1.54) is 26.4 Å². The molecular weight excluding hydrogens is 292 g/mol. The standard InChI is InChI=1S/C10H15ClN4O3S/c1-15(2)19(17,18)6-5-12-10(16)14-8-3-4-9(11)13-7-8/h3-4,7H,5-6H2,1-2H3,(H2,12,14,16). The fraction of sp³-hybridized carbons (Fsp3) is 0.400. The summed E-state index contributed by atoms with van der Waals surface area (Å²) in [6.45, 7) is 0.0212. The van der Waals surface area contributed by atoms with E-state index in [1.807, 2.05) is 0 Å². The Hall–Kier alpha value is -1.38. The van der Waals surface area contributed by atoms with Gasteiger partial charge in [-0.25, -0.2) is 22.5 Å². The zero-order chi connectivity index (χ0) is 14.5. The number of nitrogens with one attached hydrogen (secondary N) is 2. The number of amides is 2. The average molecular weight is 307 g/mol. The van der Waals surface area contributed by atoms with Gasteiger partial charge in [0.15, 0.2) is 0 Å². The van der Waals surface area contributed by atoms with Crippen LogP contribution in [0.5, 0.6) is 0 Å². The lowest BCUT2D eigenvalue weighted by Crippen LogP contribution is -2.36. The van der Waals surface area contributed by atoms with Gasteiger partial charge in [0.05, 0.1) is 17.6 Å². The molecule has 1 rings (SSSR count). The largest absolute Gasteiger partial charge is 0.337 e. The minimum absolute atomic E-state index is 0.0212. The van der Waals surface area contributed by atoms with Crippen molar-refractivity contribution in [2.24, 2.45) is 0 Å². The topological polar surface area (TPSA) is 91.4 Å². The van der Waals surface area contributed by atoms with E-state index in [0.29, 0.717) is 10.8 Å². The fourth-order valence-corrected chi connectivity index (χ4v) is 1.94. The van der Waals surface area contributed by atoms with Crippen LogP contribution in [0.25, 0.3) is 0 Å². The lowest BCUT2D eigenvalue weighted by atomic mass is 10.4. The first-order chi connectivity index (χ1) is 8.81. The molecule has 106 valence electrons. The Kier molecular flexibility index (Phi) is 5.52. The molecule has 0 unspecified atom stereocenters. The minimum atomic E-state index is -3.31. The molecular formula is C10H15ClN4O3S. The molecule has 9 heteroatoms. The monoisotopic (exact) mass is 306 g/mol. The van der Waals surface area contributed by atoms with Gasteiger partial charge in [-0.2, -0.15) is 0 Å². The van der Waals surface area contributed by atoms with E-state index in [2.05, 4.69) is 15.6 Å². The molecule has 2 N–H and O–H groups in total. The number of halogens is 1. The number of hydrogen-bond acceptors (Lipinski definition) is 4. The maximum absolute atomic E-state index is 11.5. The number of pyridine rings is 1. The number of anilines is 1. The third-order valence-electron chi connectivity index (χ3n) is 2.19. The van der Waals surface area contributed by atoms with Crippen molar-refractivity contribution in [3.05, 3.63) is 23.5 Å². The Balaban J connectivity index is 2.39. The van der Waals surface area contributed by atoms with E-state index in [1.54, 1.807) is 6.07 Å². The molecule has 0 radical (unpaired) electrons. The number of urea groups is 1. The fourth-order valence-electron chi connectivity index (χ4n) is 1.10. The second-order valence-electron chi connectivity index (χ2n) is 3.85. The van der Waals surface area contributed by atoms with Crippen LogP contribution in [-0.2, 0) is 10.0 Å². The zero-order valence-corrected chi connectivity index (χ0v) is 12.1. The maximum Gasteiger partial charge on any atom is 0.319 e. The van der Waals surface area contributed by atoms with Crippen molar-refractivity contribution in [3.63, 3.8) is 0 Å². The molecule has 0 fully saturated rings. The molecule has 1 aromatic rings. The minimum Gasteiger partial charge on any atom is -0.337 e. The van der Waals surface area contributed by atoms with Crippen LogP contribution in [-0.4, -0.2) is 50.1 Å². The van der Waals surface area contributed by atoms with E-state index >= 15 is 0 Å². The SMILES string of the molecule is CN(C)S(=O)(=O)CCNC(=O)Nc1ccc(Cl)nc1. The number of rotatable bonds is 5. The highest BCUT2D eigenvalue weighted by atomic mass is 35.5. The molecule has 0 bridgehead atoms. The van der Waals surface area contributed by atoms with Crippen molar-refractivity contribution < 1.29 is 13.2 Å². The van der Waals surface area contributed by atoms with Gasteiger partial charge in [0.2, 0.25) is 10.0 Å². The van der Waals surface area contributed by atoms with Crippen LogP contribution in [0.2, 0.25) is 5.15 Å². The highest BCUT2D eigenvalue weighted by Gasteiger charge is 2.13. The molecule has 7 nitrogen and oxygen atoms in total. The molecule has 0 saturated carbocycles. The van der Waals surface area contributed by atoms with E-state index in [0.717, 1.165) is 4.31 Å². The van der Waals surface area contributed by atoms with Crippen molar-refractivity contribution >= 4 is 33.3 Å². The van der Waals surface area contributed by atoms with E-state index in [9.17, 15) is 13.2 Å². The Labute approximate surface area is 117 Å². The van der Waals surface area contributed by atoms with Crippen molar-refractivity contribution in [1.29, 1.82) is 0 Å². The summed E-state index contributed by atoms with van der Waals surface area (Å²) in [4.78, 5) is 15.3. The quantitative estimate of drug-likeness (QED) is 0.785. The summed E-state index contributed by atoms with van der Waals surface area (Å²) in [7, 11) is -0.433. The van der Waals surface area contributed by atoms with Crippen LogP contribution >= 0.6 is 11.6 Å². The predicted octanol–water partition coefficient (Wildman–Crippen LogP) is 0.748. The third kappa shape index (κ3) is 5.41. The maximum atomic E-state index is 11.5. The van der Waals surface area contributed by atoms with Gasteiger partial charge in [0.25, 0.3) is 0 Å². The predicted molar refractivity (Wildman–Crippen MR) is 73.7 cm³/mol. The molecule has 0 atom stereocenters. The summed E-state index contributed by atoms with van der Waals surface area (Å²) in [5.74, 6) is -0.160. The van der Waals surface area contributed by atoms with Gasteiger partial charge in [-0.3, -0.25) is 0 Å². The van der Waals surface area contributed by atoms with Gasteiger partial charge in [0, 0.05) is 20.6 Å². The van der Waals surface area contributed by atoms with Crippen molar-refractivity contribution in [2.45, 2.75) is 0 Å². The van der Waals surface area contributed by atoms with Gasteiger partial charge in [-0.15, -0.1) is 0 Å². The summed E-state index contributed by atoms with van der Waals surface area (Å²) >= 11 is 5.60. The Bertz CT molecular complexity index is 530. The smallest absolute Gasteiger partial charge is 0.319 e. The van der Waals surface area contributed by atoms with Gasteiger partial charge >= 0.3 is 6.03 Å². The molecule has 0 saturated heterocycles. The summed E-state index contributed by atoms with van der Waals surface area (Å²) in [6.07, 6.45) is 1.40. The molecule has 0 aromatic carbocycles. The highest BCUT2D eigenvalue weighted by molar-refractivity contribution is 7.89. The molecule has 0 aliphatic heterocycles. The molecule has 1 aromatic heterocycles. The number of carbonyl (C=O) groups excluding carboxylic acids is 1. The first-order valence-corrected chi connectivity index (χ1v) is 7.36. The van der Waals surface area contributed by atoms with E-state index in [4.69, 9.17) is 11.6 Å². The van der Waals surface area contributed by atoms with Gasteiger partial charge in [-0.05, 0) is 12.1 Å². The Morgan fingerprint density at radius 1 is 1.42 bits per heavy atom. The Morgan fingerprint density at radius 2 is 2.11 bits per heavy atom. The first kappa shape index (κ1) is 15.7. The number of aromatic nitrogens is 1. The van der Waals surface area contributed by atoms with E-state index in [-0.39, 0.29) is 12.3 Å². The van der Waals surface area contributed by atoms with Crippen LogP contribution in [0, 0.1) is 0 Å². The number of nitrogens with zero attached hydrogens (tertiary/aromatic N) is 2. The molecule has 1 heterocycles. The van der Waals surface area contributed by atoms with Crippen LogP contribution in [0.1, 0.15) is 0 Å². The normalized spacial score (nSPS) is 11.4. The van der Waals surface area contributed by atoms with Crippen LogP contribution in [0.15, 0.2) is 18.3 Å². The zero-order valence-electron chi connectivity index (χ0n) is 10.6. The third-order valence-corrected chi connectivity index (χ3v) is 4.24. The molecule has 0 spiro atoms. The van der Waals surface area contributed by atoms with Crippen LogP contribution in [0.4, 0.5) is 10.5 Å². The van der Waals surface area contributed by atoms with Crippen molar-refractivity contribution in [3.8, 4) is 0 Å². The van der Waals surface area contributed by atoms with Crippen molar-refractivity contribution in [2.75, 3.05) is 31.7 Å². The summed E-state index contributed by atoms with van der Waals surface area (Å²) in [5, 5.41) is 5.27. The molecule has 0 aliphatic rings. The first-order valence-electron chi connectivity index (χ1n) is 5.38. The number of sulfonamides is 1. The lowest BCUT2D eigenvalue weighted by Gasteiger charge is -2.12. The summed E-state index contributed by atoms with van der Waals surface area (Å²) < 4.78 is 24.0. The highest BCUT2D eigenvalue weighted by Crippen LogP contribution is 2.09. The lowest BCUT2D eigenvalue weighted by molar-refractivity contribution is 0.252. The summed E-state index contributed by atoms with van der Waals surface area (Å²) in [6, 6.07) is 2.62. The second kappa shape index (κ2) is 6.69. The number of hydrogen-bond donors (Lipinski definition) is 2. The van der Waals surface area contributed by atoms with Gasteiger partial charge in [0.1, 0.15) is 5.15 Å². The van der Waals surface area contributed by atoms with Gasteiger partial charge in [-0.1, -0.05) is 11.6 Å². The number of carbonyl (C=O) groups is 1. The van der Waals surface area contributed by atoms with Crippen LogP contribution in [0.3, 0.4) is 0 Å². The molecule has 19 heavy (non-hydrogen) atoms. The van der Waals surface area contributed by atoms with Gasteiger partial charge < -0.3 is 10.6 Å². The Morgan fingerprint density at radius 3 is 2.63 bits per heavy atom. The van der Waals surface area contributed by atoms with E-state index < -0.39 is 16.1 Å². The van der Waals surface area contributed by atoms with Crippen molar-refractivity contribution in [1.82, 2.24) is 14.6 Å². The summed E-state index contributed by atoms with van der Waals surface area (Å²) in [5.41, 5.74) is 0.470. The van der Waals surface area contributed by atoms with Crippen LogP contribution < -0.4 is 10.6 Å². The second-order valence-corrected chi connectivity index (χ2v) is 6.54. The molecule has 2 amide bonds. The average Bonchev–Trinajstić information content (AvgIpc) is 2.31.